The highest BCUT2D eigenvalue weighted by molar-refractivity contribution is 6.17. The van der Waals surface area contributed by atoms with Crippen LogP contribution in [-0.2, 0) is 11.8 Å². The third-order valence-electron chi connectivity index (χ3n) is 13.4. The lowest BCUT2D eigenvalue weighted by molar-refractivity contribution is 0.268. The number of hydrogen-bond donors (Lipinski definition) is 0. The van der Waals surface area contributed by atoms with Crippen molar-refractivity contribution in [1.82, 2.24) is 0 Å². The van der Waals surface area contributed by atoms with Crippen LogP contribution in [0.1, 0.15) is 195 Å². The number of hydrogen-bond acceptors (Lipinski definition) is 0. The Labute approximate surface area is 383 Å². The fourth-order valence-corrected chi connectivity index (χ4v) is 10.5. The lowest BCUT2D eigenvalue weighted by Gasteiger charge is -2.37. The van der Waals surface area contributed by atoms with E-state index < -0.39 is 0 Å². The number of rotatable bonds is 19. The van der Waals surface area contributed by atoms with Crippen LogP contribution in [0, 0.1) is 22.2 Å². The van der Waals surface area contributed by atoms with Gasteiger partial charge in [0.1, 0.15) is 0 Å². The zero-order valence-corrected chi connectivity index (χ0v) is 41.2. The van der Waals surface area contributed by atoms with Crippen LogP contribution in [-0.4, -0.2) is 0 Å². The Morgan fingerprint density at radius 1 is 0.361 bits per heavy atom. The predicted octanol–water partition coefficient (Wildman–Crippen LogP) is 18.6. The summed E-state index contributed by atoms with van der Waals surface area (Å²) in [7, 11) is 0. The molecule has 6 unspecified atom stereocenters. The van der Waals surface area contributed by atoms with E-state index in [1.807, 2.05) is 0 Å². The Balaban J connectivity index is 1.60. The van der Waals surface area contributed by atoms with Crippen molar-refractivity contribution in [2.75, 3.05) is 0 Å². The van der Waals surface area contributed by atoms with E-state index in [1.165, 1.54) is 50.9 Å². The molecule has 0 saturated carbocycles. The van der Waals surface area contributed by atoms with E-state index in [0.29, 0.717) is 53.2 Å². The van der Waals surface area contributed by atoms with Crippen molar-refractivity contribution in [2.45, 2.75) is 162 Å². The van der Waals surface area contributed by atoms with Gasteiger partial charge in [0.05, 0.1) is 0 Å². The number of benzene rings is 5. The van der Waals surface area contributed by atoms with Crippen LogP contribution in [0.25, 0.3) is 0 Å². The minimum atomic E-state index is 0.0928. The Morgan fingerprint density at radius 2 is 0.672 bits per heavy atom. The molecule has 0 aliphatic heterocycles. The van der Waals surface area contributed by atoms with Crippen molar-refractivity contribution in [3.05, 3.63) is 178 Å². The molecule has 0 amide bonds. The molecule has 328 valence electrons. The average Bonchev–Trinajstić information content (AvgIpc) is 3.22. The second-order valence-corrected chi connectivity index (χ2v) is 22.7. The van der Waals surface area contributed by atoms with Gasteiger partial charge in [0.25, 0.3) is 0 Å². The fourth-order valence-electron chi connectivity index (χ4n) is 10.2. The standard InChI is InChI=1S/C59H78Cl2/c1-42(2)34-51(45-18-14-12-15-19-45)35-52(37-56(59(9,10)11)50-28-24-44(41-61)25-29-50)46-30-32-47(33-31-46)53(38-55(58(6,7)8)49-20-16-13-17-21-49)36-54(39-57(3,4)5)48-26-22-43(40-60)23-27-48/h12-33,42,51-56H,34-41H2,1-11H3. The molecule has 0 aliphatic rings. The van der Waals surface area contributed by atoms with Crippen LogP contribution in [0.15, 0.2) is 133 Å². The summed E-state index contributed by atoms with van der Waals surface area (Å²) >= 11 is 12.6. The molecule has 5 rings (SSSR count). The Bertz CT molecular complexity index is 1990. The molecule has 2 heteroatoms. The first-order valence-corrected chi connectivity index (χ1v) is 24.4. The van der Waals surface area contributed by atoms with E-state index in [4.69, 9.17) is 23.2 Å². The predicted molar refractivity (Wildman–Crippen MR) is 269 cm³/mol. The summed E-state index contributed by atoms with van der Waals surface area (Å²) in [6, 6.07) is 51.1. The Morgan fingerprint density at radius 3 is 1.05 bits per heavy atom. The molecule has 5 aromatic rings. The van der Waals surface area contributed by atoms with Gasteiger partial charge in [-0.1, -0.05) is 210 Å². The van der Waals surface area contributed by atoms with Crippen LogP contribution in [0.2, 0.25) is 0 Å². The fraction of sp³-hybridized carbons (Fsp3) is 0.492. The van der Waals surface area contributed by atoms with E-state index in [-0.39, 0.29) is 16.2 Å². The van der Waals surface area contributed by atoms with E-state index in [2.05, 4.69) is 210 Å². The highest BCUT2D eigenvalue weighted by Crippen LogP contribution is 2.49. The minimum Gasteiger partial charge on any atom is -0.122 e. The maximum atomic E-state index is 6.29. The second kappa shape index (κ2) is 21.8. The molecule has 0 bridgehead atoms. The normalized spacial score (nSPS) is 15.6. The molecule has 61 heavy (non-hydrogen) atoms. The molecule has 6 atom stereocenters. The van der Waals surface area contributed by atoms with E-state index in [9.17, 15) is 0 Å². The van der Waals surface area contributed by atoms with E-state index >= 15 is 0 Å². The highest BCUT2D eigenvalue weighted by Gasteiger charge is 2.34. The molecule has 0 radical (unpaired) electrons. The topological polar surface area (TPSA) is 0 Å². The summed E-state index contributed by atoms with van der Waals surface area (Å²) < 4.78 is 0. The molecule has 0 fully saturated rings. The van der Waals surface area contributed by atoms with E-state index in [1.54, 1.807) is 0 Å². The SMILES string of the molecule is CC(C)CC(CC(CC(c1ccc(CCl)cc1)C(C)(C)C)c1ccc(C(CC(CC(C)(C)C)c2ccc(CCl)cc2)CC(c2ccccc2)C(C)(C)C)cc1)c1ccccc1. The van der Waals surface area contributed by atoms with E-state index in [0.717, 1.165) is 32.1 Å². The average molecular weight is 858 g/mol. The monoisotopic (exact) mass is 857 g/mol. The second-order valence-electron chi connectivity index (χ2n) is 22.2. The number of alkyl halides is 2. The molecule has 0 N–H and O–H groups in total. The molecule has 0 nitrogen and oxygen atoms in total. The smallest absolute Gasteiger partial charge is 0.0474 e. The summed E-state index contributed by atoms with van der Waals surface area (Å²) in [5.41, 5.74) is 11.5. The molecule has 0 spiro atoms. The van der Waals surface area contributed by atoms with Crippen LogP contribution >= 0.6 is 23.2 Å². The highest BCUT2D eigenvalue weighted by atomic mass is 35.5. The van der Waals surface area contributed by atoms with Crippen molar-refractivity contribution in [3.63, 3.8) is 0 Å². The lowest BCUT2D eigenvalue weighted by Crippen LogP contribution is -2.23. The van der Waals surface area contributed by atoms with Gasteiger partial charge in [-0.2, -0.15) is 0 Å². The largest absolute Gasteiger partial charge is 0.122 e. The van der Waals surface area contributed by atoms with Crippen LogP contribution < -0.4 is 0 Å². The van der Waals surface area contributed by atoms with Crippen molar-refractivity contribution < 1.29 is 0 Å². The molecular weight excluding hydrogens is 780 g/mol. The zero-order valence-electron chi connectivity index (χ0n) is 39.7. The van der Waals surface area contributed by atoms with Gasteiger partial charge in [-0.05, 0) is 141 Å². The molecule has 0 saturated heterocycles. The summed E-state index contributed by atoms with van der Waals surface area (Å²) in [5.74, 6) is 4.22. The minimum absolute atomic E-state index is 0.0928. The molecular formula is C59H78Cl2. The Hall–Kier alpha value is -3.32. The molecule has 0 aromatic heterocycles. The van der Waals surface area contributed by atoms with Crippen molar-refractivity contribution in [1.29, 1.82) is 0 Å². The van der Waals surface area contributed by atoms with Crippen molar-refractivity contribution in [2.24, 2.45) is 22.2 Å². The summed E-state index contributed by atoms with van der Waals surface area (Å²) in [6.07, 6.45) is 6.75. The maximum Gasteiger partial charge on any atom is 0.0474 e. The van der Waals surface area contributed by atoms with Gasteiger partial charge in [0.15, 0.2) is 0 Å². The van der Waals surface area contributed by atoms with Crippen LogP contribution in [0.3, 0.4) is 0 Å². The molecule has 0 heterocycles. The van der Waals surface area contributed by atoms with Gasteiger partial charge in [-0.25, -0.2) is 0 Å². The quantitative estimate of drug-likeness (QED) is 0.0726. The first kappa shape index (κ1) is 48.7. The van der Waals surface area contributed by atoms with Crippen LogP contribution in [0.5, 0.6) is 0 Å². The summed E-state index contributed by atoms with van der Waals surface area (Å²) in [6.45, 7) is 26.6. The maximum absolute atomic E-state index is 6.29. The summed E-state index contributed by atoms with van der Waals surface area (Å²) in [4.78, 5) is 0. The lowest BCUT2D eigenvalue weighted by atomic mass is 9.67. The van der Waals surface area contributed by atoms with Crippen molar-refractivity contribution >= 4 is 23.2 Å². The first-order valence-electron chi connectivity index (χ1n) is 23.3. The van der Waals surface area contributed by atoms with Gasteiger partial charge in [0, 0.05) is 11.8 Å². The van der Waals surface area contributed by atoms with Gasteiger partial charge in [0.2, 0.25) is 0 Å². The van der Waals surface area contributed by atoms with Gasteiger partial charge in [-0.3, -0.25) is 0 Å². The zero-order chi connectivity index (χ0) is 44.4. The third kappa shape index (κ3) is 14.6. The number of halogens is 2. The van der Waals surface area contributed by atoms with Gasteiger partial charge < -0.3 is 0 Å². The molecule has 0 aliphatic carbocycles. The first-order chi connectivity index (χ1) is 28.8. The third-order valence-corrected chi connectivity index (χ3v) is 14.0. The summed E-state index contributed by atoms with van der Waals surface area (Å²) in [5, 5.41) is 0. The van der Waals surface area contributed by atoms with Gasteiger partial charge >= 0.3 is 0 Å². The Kier molecular flexibility index (Phi) is 17.4. The van der Waals surface area contributed by atoms with Crippen molar-refractivity contribution in [3.8, 4) is 0 Å². The molecule has 5 aromatic carbocycles. The van der Waals surface area contributed by atoms with Gasteiger partial charge in [-0.15, -0.1) is 23.2 Å². The van der Waals surface area contributed by atoms with Crippen LogP contribution in [0.4, 0.5) is 0 Å².